The zero-order valence-electron chi connectivity index (χ0n) is 10.4. The molecule has 17 heavy (non-hydrogen) atoms. The molecule has 1 fully saturated rings. The molecule has 1 N–H and O–H groups in total. The van der Waals surface area contributed by atoms with Crippen LogP contribution in [0.25, 0.3) is 0 Å². The maximum atomic E-state index is 8.83. The van der Waals surface area contributed by atoms with Crippen LogP contribution in [0.3, 0.4) is 0 Å². The van der Waals surface area contributed by atoms with Gasteiger partial charge in [-0.2, -0.15) is 5.26 Å². The molecular weight excluding hydrogens is 212 g/mol. The Labute approximate surface area is 102 Å². The number of benzene rings is 1. The summed E-state index contributed by atoms with van der Waals surface area (Å²) < 4.78 is 5.47. The van der Waals surface area contributed by atoms with Crippen LogP contribution >= 0.6 is 0 Å². The van der Waals surface area contributed by atoms with Crippen molar-refractivity contribution in [2.75, 3.05) is 12.4 Å². The Hall–Kier alpha value is -1.53. The Morgan fingerprint density at radius 2 is 2.24 bits per heavy atom. The molecule has 2 rings (SSSR count). The summed E-state index contributed by atoms with van der Waals surface area (Å²) >= 11 is 0. The molecule has 1 aliphatic carbocycles. The SMILES string of the molecule is COC1CCCC1Nc1ccc(C#N)cc1C. The van der Waals surface area contributed by atoms with Gasteiger partial charge in [0.25, 0.3) is 0 Å². The first-order chi connectivity index (χ1) is 8.24. The zero-order chi connectivity index (χ0) is 12.3. The summed E-state index contributed by atoms with van der Waals surface area (Å²) in [6, 6.07) is 8.31. The molecule has 0 radical (unpaired) electrons. The lowest BCUT2D eigenvalue weighted by molar-refractivity contribution is 0.101. The van der Waals surface area contributed by atoms with Crippen molar-refractivity contribution in [2.45, 2.75) is 38.3 Å². The van der Waals surface area contributed by atoms with Gasteiger partial charge in [-0.15, -0.1) is 0 Å². The van der Waals surface area contributed by atoms with Gasteiger partial charge in [0.05, 0.1) is 23.8 Å². The topological polar surface area (TPSA) is 45.0 Å². The molecular formula is C14H18N2O. The summed E-state index contributed by atoms with van der Waals surface area (Å²) in [5.74, 6) is 0. The number of nitrogens with zero attached hydrogens (tertiary/aromatic N) is 1. The van der Waals surface area contributed by atoms with E-state index in [4.69, 9.17) is 10.00 Å². The molecule has 0 bridgehead atoms. The molecule has 1 aliphatic rings. The summed E-state index contributed by atoms with van der Waals surface area (Å²) in [7, 11) is 1.77. The number of methoxy groups -OCH3 is 1. The van der Waals surface area contributed by atoms with E-state index in [2.05, 4.69) is 11.4 Å². The quantitative estimate of drug-likeness (QED) is 0.868. The molecule has 0 heterocycles. The number of nitrogens with one attached hydrogen (secondary N) is 1. The molecule has 1 aromatic rings. The van der Waals surface area contributed by atoms with E-state index in [-0.39, 0.29) is 0 Å². The molecule has 1 saturated carbocycles. The molecule has 0 aliphatic heterocycles. The van der Waals surface area contributed by atoms with Gasteiger partial charge in [0.1, 0.15) is 0 Å². The van der Waals surface area contributed by atoms with Crippen LogP contribution < -0.4 is 5.32 Å². The van der Waals surface area contributed by atoms with Gasteiger partial charge < -0.3 is 10.1 Å². The van der Waals surface area contributed by atoms with Crippen molar-refractivity contribution in [1.82, 2.24) is 0 Å². The number of hydrogen-bond acceptors (Lipinski definition) is 3. The second-order valence-corrected chi connectivity index (χ2v) is 4.60. The second kappa shape index (κ2) is 5.20. The van der Waals surface area contributed by atoms with Gasteiger partial charge in [-0.25, -0.2) is 0 Å². The van der Waals surface area contributed by atoms with Crippen molar-refractivity contribution in [3.8, 4) is 6.07 Å². The summed E-state index contributed by atoms with van der Waals surface area (Å²) in [5.41, 5.74) is 2.94. The fraction of sp³-hybridized carbons (Fsp3) is 0.500. The Balaban J connectivity index is 2.11. The first-order valence-corrected chi connectivity index (χ1v) is 6.04. The minimum atomic E-state index is 0.310. The van der Waals surface area contributed by atoms with Crippen LogP contribution in [0.4, 0.5) is 5.69 Å². The first-order valence-electron chi connectivity index (χ1n) is 6.04. The van der Waals surface area contributed by atoms with E-state index < -0.39 is 0 Å². The van der Waals surface area contributed by atoms with Crippen molar-refractivity contribution in [3.05, 3.63) is 29.3 Å². The lowest BCUT2D eigenvalue weighted by atomic mass is 10.1. The lowest BCUT2D eigenvalue weighted by Crippen LogP contribution is -2.29. The number of hydrogen-bond donors (Lipinski definition) is 1. The van der Waals surface area contributed by atoms with E-state index in [1.807, 2.05) is 25.1 Å². The van der Waals surface area contributed by atoms with E-state index in [9.17, 15) is 0 Å². The molecule has 0 spiro atoms. The normalized spacial score (nSPS) is 23.4. The van der Waals surface area contributed by atoms with E-state index in [1.165, 1.54) is 6.42 Å². The van der Waals surface area contributed by atoms with E-state index in [1.54, 1.807) is 7.11 Å². The second-order valence-electron chi connectivity index (χ2n) is 4.60. The van der Waals surface area contributed by atoms with E-state index in [0.29, 0.717) is 17.7 Å². The summed E-state index contributed by atoms with van der Waals surface area (Å²) in [6.07, 6.45) is 3.80. The fourth-order valence-corrected chi connectivity index (χ4v) is 2.47. The molecule has 1 aromatic carbocycles. The van der Waals surface area contributed by atoms with E-state index >= 15 is 0 Å². The predicted molar refractivity (Wildman–Crippen MR) is 68.0 cm³/mol. The molecule has 2 unspecified atom stereocenters. The fourth-order valence-electron chi connectivity index (χ4n) is 2.47. The lowest BCUT2D eigenvalue weighted by Gasteiger charge is -2.22. The summed E-state index contributed by atoms with van der Waals surface area (Å²) in [6.45, 7) is 2.03. The summed E-state index contributed by atoms with van der Waals surface area (Å²) in [4.78, 5) is 0. The maximum absolute atomic E-state index is 8.83. The Kier molecular flexibility index (Phi) is 3.65. The molecule has 90 valence electrons. The largest absolute Gasteiger partial charge is 0.379 e. The third-order valence-corrected chi connectivity index (χ3v) is 3.45. The van der Waals surface area contributed by atoms with Gasteiger partial charge in [0, 0.05) is 12.8 Å². The standard InChI is InChI=1S/C14H18N2O/c1-10-8-11(9-15)6-7-12(10)16-13-4-3-5-14(13)17-2/h6-8,13-14,16H,3-5H2,1-2H3. The highest BCUT2D eigenvalue weighted by Gasteiger charge is 2.27. The smallest absolute Gasteiger partial charge is 0.0991 e. The van der Waals surface area contributed by atoms with Crippen molar-refractivity contribution in [2.24, 2.45) is 0 Å². The molecule has 0 aromatic heterocycles. The van der Waals surface area contributed by atoms with Gasteiger partial charge in [-0.1, -0.05) is 0 Å². The zero-order valence-corrected chi connectivity index (χ0v) is 10.4. The van der Waals surface area contributed by atoms with Gasteiger partial charge in [0.15, 0.2) is 0 Å². The van der Waals surface area contributed by atoms with Gasteiger partial charge in [0.2, 0.25) is 0 Å². The van der Waals surface area contributed by atoms with E-state index in [0.717, 1.165) is 24.1 Å². The van der Waals surface area contributed by atoms with Gasteiger partial charge in [-0.05, 0) is 49.9 Å². The minimum absolute atomic E-state index is 0.310. The average Bonchev–Trinajstić information content (AvgIpc) is 2.79. The van der Waals surface area contributed by atoms with Crippen molar-refractivity contribution in [1.29, 1.82) is 5.26 Å². The first kappa shape index (κ1) is 11.9. The van der Waals surface area contributed by atoms with Crippen molar-refractivity contribution in [3.63, 3.8) is 0 Å². The number of rotatable bonds is 3. The van der Waals surface area contributed by atoms with Crippen LogP contribution in [0.5, 0.6) is 0 Å². The number of aryl methyl sites for hydroxylation is 1. The highest BCUT2D eigenvalue weighted by Crippen LogP contribution is 2.26. The van der Waals surface area contributed by atoms with Gasteiger partial charge in [-0.3, -0.25) is 0 Å². The van der Waals surface area contributed by atoms with Crippen LogP contribution in [0, 0.1) is 18.3 Å². The van der Waals surface area contributed by atoms with Crippen LogP contribution in [0.15, 0.2) is 18.2 Å². The van der Waals surface area contributed by atoms with Gasteiger partial charge >= 0.3 is 0 Å². The molecule has 0 saturated heterocycles. The van der Waals surface area contributed by atoms with Crippen molar-refractivity contribution >= 4 is 5.69 Å². The average molecular weight is 230 g/mol. The maximum Gasteiger partial charge on any atom is 0.0991 e. The van der Waals surface area contributed by atoms with Crippen LogP contribution in [0.2, 0.25) is 0 Å². The van der Waals surface area contributed by atoms with Crippen LogP contribution in [-0.2, 0) is 4.74 Å². The molecule has 2 atom stereocenters. The Morgan fingerprint density at radius 3 is 2.88 bits per heavy atom. The Bertz CT molecular complexity index is 436. The third-order valence-electron chi connectivity index (χ3n) is 3.45. The van der Waals surface area contributed by atoms with Crippen molar-refractivity contribution < 1.29 is 4.74 Å². The number of nitriles is 1. The highest BCUT2D eigenvalue weighted by molar-refractivity contribution is 5.54. The van der Waals surface area contributed by atoms with Crippen LogP contribution in [-0.4, -0.2) is 19.3 Å². The third kappa shape index (κ3) is 2.59. The number of anilines is 1. The minimum Gasteiger partial charge on any atom is -0.379 e. The molecule has 3 heteroatoms. The predicted octanol–water partition coefficient (Wildman–Crippen LogP) is 2.85. The van der Waals surface area contributed by atoms with Crippen LogP contribution in [0.1, 0.15) is 30.4 Å². The summed E-state index contributed by atoms with van der Waals surface area (Å²) in [5, 5.41) is 12.4. The molecule has 3 nitrogen and oxygen atoms in total. The highest BCUT2D eigenvalue weighted by atomic mass is 16.5. The number of ether oxygens (including phenoxy) is 1. The monoisotopic (exact) mass is 230 g/mol. The Morgan fingerprint density at radius 1 is 1.41 bits per heavy atom. The molecule has 0 amide bonds.